The number of H-pyrrole nitrogens is 1. The molecule has 2 atom stereocenters. The smallest absolute Gasteiger partial charge is 0.295 e. The molecule has 0 bridgehead atoms. The van der Waals surface area contributed by atoms with Crippen LogP contribution in [0.2, 0.25) is 0 Å². The normalized spacial score (nSPS) is 19.2. The van der Waals surface area contributed by atoms with E-state index < -0.39 is 17.5 Å². The highest BCUT2D eigenvalue weighted by atomic mass is 19.1. The molecule has 10 nitrogen and oxygen atoms in total. The SMILES string of the molecule is Cc1ncn(-c2ncc(F)c3c(C(=O)C(=O)N4CC5CN(C(=O)c6ccccc6)CC5C4)c[nH]c23)n1. The number of amides is 2. The minimum Gasteiger partial charge on any atom is -0.357 e. The molecule has 1 N–H and O–H groups in total. The molecular formula is C25H22FN7O3. The van der Waals surface area contributed by atoms with Crippen LogP contribution in [0.1, 0.15) is 26.5 Å². The maximum atomic E-state index is 14.8. The predicted molar refractivity (Wildman–Crippen MR) is 126 cm³/mol. The fraction of sp³-hybridized carbons (Fsp3) is 0.280. The highest BCUT2D eigenvalue weighted by molar-refractivity contribution is 6.45. The fourth-order valence-electron chi connectivity index (χ4n) is 5.24. The van der Waals surface area contributed by atoms with Crippen LogP contribution in [-0.2, 0) is 4.79 Å². The van der Waals surface area contributed by atoms with Gasteiger partial charge in [0.2, 0.25) is 0 Å². The maximum Gasteiger partial charge on any atom is 0.295 e. The van der Waals surface area contributed by atoms with E-state index >= 15 is 0 Å². The van der Waals surface area contributed by atoms with Crippen molar-refractivity contribution >= 4 is 28.5 Å². The van der Waals surface area contributed by atoms with Gasteiger partial charge in [0, 0.05) is 49.8 Å². The van der Waals surface area contributed by atoms with Crippen LogP contribution in [0.15, 0.2) is 49.1 Å². The summed E-state index contributed by atoms with van der Waals surface area (Å²) in [4.78, 5) is 53.5. The van der Waals surface area contributed by atoms with Gasteiger partial charge in [-0.1, -0.05) is 18.2 Å². The van der Waals surface area contributed by atoms with E-state index in [0.29, 0.717) is 37.6 Å². The number of halogens is 1. The third-order valence-corrected chi connectivity index (χ3v) is 6.99. The number of pyridine rings is 1. The van der Waals surface area contributed by atoms with Crippen LogP contribution in [0.25, 0.3) is 16.7 Å². The van der Waals surface area contributed by atoms with Crippen molar-refractivity contribution in [3.8, 4) is 5.82 Å². The van der Waals surface area contributed by atoms with Gasteiger partial charge in [0.05, 0.1) is 22.7 Å². The number of carbonyl (C=O) groups is 3. The van der Waals surface area contributed by atoms with Gasteiger partial charge in [0.25, 0.3) is 17.6 Å². The van der Waals surface area contributed by atoms with E-state index in [2.05, 4.69) is 20.1 Å². The summed E-state index contributed by atoms with van der Waals surface area (Å²) in [6, 6.07) is 9.10. The highest BCUT2D eigenvalue weighted by Crippen LogP contribution is 2.33. The summed E-state index contributed by atoms with van der Waals surface area (Å²) < 4.78 is 16.2. The van der Waals surface area contributed by atoms with Gasteiger partial charge >= 0.3 is 0 Å². The van der Waals surface area contributed by atoms with E-state index in [4.69, 9.17) is 0 Å². The number of Topliss-reactive ketones (excluding diaryl/α,β-unsaturated/α-hetero) is 1. The number of rotatable bonds is 4. The first-order valence-electron chi connectivity index (χ1n) is 11.6. The van der Waals surface area contributed by atoms with Crippen molar-refractivity contribution in [1.82, 2.24) is 34.5 Å². The van der Waals surface area contributed by atoms with E-state index in [-0.39, 0.29) is 40.0 Å². The van der Waals surface area contributed by atoms with E-state index in [1.165, 1.54) is 22.1 Å². The average Bonchev–Trinajstić information content (AvgIpc) is 3.66. The molecule has 0 aliphatic carbocycles. The molecule has 4 aromatic rings. The Morgan fingerprint density at radius 1 is 1.00 bits per heavy atom. The molecule has 0 saturated carbocycles. The molecule has 2 unspecified atom stereocenters. The third-order valence-electron chi connectivity index (χ3n) is 6.99. The minimum absolute atomic E-state index is 0.00877. The number of nitrogens with one attached hydrogen (secondary N) is 1. The molecule has 6 rings (SSSR count). The molecule has 0 spiro atoms. The van der Waals surface area contributed by atoms with Crippen LogP contribution in [0.5, 0.6) is 0 Å². The van der Waals surface area contributed by atoms with Gasteiger partial charge < -0.3 is 14.8 Å². The zero-order chi connectivity index (χ0) is 25.0. The average molecular weight is 487 g/mol. The van der Waals surface area contributed by atoms with Gasteiger partial charge in [-0.25, -0.2) is 19.0 Å². The van der Waals surface area contributed by atoms with Crippen molar-refractivity contribution in [2.45, 2.75) is 6.92 Å². The molecular weight excluding hydrogens is 465 g/mol. The van der Waals surface area contributed by atoms with E-state index in [9.17, 15) is 18.8 Å². The molecule has 0 radical (unpaired) electrons. The number of aryl methyl sites for hydroxylation is 1. The van der Waals surface area contributed by atoms with Crippen molar-refractivity contribution in [1.29, 1.82) is 0 Å². The van der Waals surface area contributed by atoms with Crippen LogP contribution < -0.4 is 0 Å². The Morgan fingerprint density at radius 2 is 1.69 bits per heavy atom. The van der Waals surface area contributed by atoms with Gasteiger partial charge in [0.15, 0.2) is 11.6 Å². The number of hydrogen-bond acceptors (Lipinski definition) is 6. The van der Waals surface area contributed by atoms with Crippen molar-refractivity contribution in [3.05, 3.63) is 71.8 Å². The summed E-state index contributed by atoms with van der Waals surface area (Å²) in [5.74, 6) is -1.23. The number of ketones is 1. The Hall–Kier alpha value is -4.41. The molecule has 182 valence electrons. The lowest BCUT2D eigenvalue weighted by atomic mass is 10.0. The molecule has 1 aromatic carbocycles. The first-order chi connectivity index (χ1) is 17.4. The van der Waals surface area contributed by atoms with Crippen molar-refractivity contribution in [3.63, 3.8) is 0 Å². The largest absolute Gasteiger partial charge is 0.357 e. The van der Waals surface area contributed by atoms with E-state index in [1.807, 2.05) is 23.1 Å². The van der Waals surface area contributed by atoms with Crippen molar-refractivity contribution in [2.24, 2.45) is 11.8 Å². The first-order valence-corrected chi connectivity index (χ1v) is 11.6. The molecule has 2 aliphatic rings. The van der Waals surface area contributed by atoms with Crippen molar-refractivity contribution < 1.29 is 18.8 Å². The Bertz CT molecular complexity index is 1500. The van der Waals surface area contributed by atoms with E-state index in [1.54, 1.807) is 19.1 Å². The first kappa shape index (κ1) is 22.1. The number of hydrogen-bond donors (Lipinski definition) is 1. The summed E-state index contributed by atoms with van der Waals surface area (Å²) in [5, 5.41) is 4.19. The number of aromatic amines is 1. The van der Waals surface area contributed by atoms with Crippen LogP contribution in [0.4, 0.5) is 4.39 Å². The van der Waals surface area contributed by atoms with Gasteiger partial charge in [-0.2, -0.15) is 5.10 Å². The molecule has 5 heterocycles. The van der Waals surface area contributed by atoms with Gasteiger partial charge in [0.1, 0.15) is 12.2 Å². The number of likely N-dealkylation sites (tertiary alicyclic amines) is 2. The van der Waals surface area contributed by atoms with Crippen LogP contribution in [0.3, 0.4) is 0 Å². The Kier molecular flexibility index (Phi) is 5.13. The zero-order valence-corrected chi connectivity index (χ0v) is 19.4. The number of fused-ring (bicyclic) bond motifs is 2. The standard InChI is InChI=1S/C25H22FN7O3/c1-14-29-13-33(30-14)23-21-20(19(26)8-28-23)18(7-27-21)22(34)25(36)32-11-16-9-31(10-17(16)12-32)24(35)15-5-3-2-4-6-15/h2-8,13,16-17,27H,9-12H2,1H3. The number of nitrogens with zero attached hydrogens (tertiary/aromatic N) is 6. The zero-order valence-electron chi connectivity index (χ0n) is 19.4. The van der Waals surface area contributed by atoms with Gasteiger partial charge in [-0.15, -0.1) is 0 Å². The molecule has 2 aliphatic heterocycles. The summed E-state index contributed by atoms with van der Waals surface area (Å²) in [7, 11) is 0. The van der Waals surface area contributed by atoms with Crippen LogP contribution >= 0.6 is 0 Å². The second kappa shape index (κ2) is 8.36. The van der Waals surface area contributed by atoms with Crippen molar-refractivity contribution in [2.75, 3.05) is 26.2 Å². The Labute approximate surface area is 204 Å². The van der Waals surface area contributed by atoms with Crippen LogP contribution in [0, 0.1) is 24.6 Å². The Balaban J connectivity index is 1.19. The quantitative estimate of drug-likeness (QED) is 0.348. The second-order valence-corrected chi connectivity index (χ2v) is 9.25. The molecule has 2 amide bonds. The minimum atomic E-state index is -0.788. The summed E-state index contributed by atoms with van der Waals surface area (Å²) in [5.41, 5.74) is 0.840. The maximum absolute atomic E-state index is 14.8. The summed E-state index contributed by atoms with van der Waals surface area (Å²) in [6.07, 6.45) is 3.78. The molecule has 2 fully saturated rings. The van der Waals surface area contributed by atoms with E-state index in [0.717, 1.165) is 6.20 Å². The molecule has 11 heteroatoms. The highest BCUT2D eigenvalue weighted by Gasteiger charge is 2.44. The number of aromatic nitrogens is 5. The van der Waals surface area contributed by atoms with Gasteiger partial charge in [-0.3, -0.25) is 14.4 Å². The lowest BCUT2D eigenvalue weighted by Gasteiger charge is -2.21. The van der Waals surface area contributed by atoms with Crippen LogP contribution in [-0.4, -0.2) is 78.3 Å². The monoisotopic (exact) mass is 487 g/mol. The van der Waals surface area contributed by atoms with Gasteiger partial charge in [-0.05, 0) is 19.1 Å². The predicted octanol–water partition coefficient (Wildman–Crippen LogP) is 2.00. The lowest BCUT2D eigenvalue weighted by Crippen LogP contribution is -2.38. The summed E-state index contributed by atoms with van der Waals surface area (Å²) >= 11 is 0. The third kappa shape index (κ3) is 3.55. The molecule has 3 aromatic heterocycles. The second-order valence-electron chi connectivity index (χ2n) is 9.25. The topological polar surface area (TPSA) is 117 Å². The summed E-state index contributed by atoms with van der Waals surface area (Å²) in [6.45, 7) is 3.53. The number of benzene rings is 1. The Morgan fingerprint density at radius 3 is 2.36 bits per heavy atom. The lowest BCUT2D eigenvalue weighted by molar-refractivity contribution is -0.125. The molecule has 36 heavy (non-hydrogen) atoms. The number of carbonyl (C=O) groups excluding carboxylic acids is 3. The molecule has 2 saturated heterocycles. The fourth-order valence-corrected chi connectivity index (χ4v) is 5.24.